The summed E-state index contributed by atoms with van der Waals surface area (Å²) < 4.78 is 4.10. The molecule has 0 heterocycles. The molecule has 0 aromatic heterocycles. The average molecular weight is 251 g/mol. The van der Waals surface area contributed by atoms with Crippen LogP contribution in [-0.4, -0.2) is 27.4 Å². The van der Waals surface area contributed by atoms with Gasteiger partial charge in [-0.25, -0.2) is 0 Å². The number of hydrogen-bond acceptors (Lipinski definition) is 6. The number of carboxylic acid groups (broad SMARTS) is 2. The van der Waals surface area contributed by atoms with Crippen LogP contribution in [0.1, 0.15) is 19.3 Å². The zero-order chi connectivity index (χ0) is 12.1. The summed E-state index contributed by atoms with van der Waals surface area (Å²) >= 11 is 0.678. The van der Waals surface area contributed by atoms with E-state index in [4.69, 9.17) is 10.2 Å². The van der Waals surface area contributed by atoms with Gasteiger partial charge in [0.2, 0.25) is 0 Å². The SMILES string of the molecule is O=C(O)C1CC(SOO[O-])CC(C(=O)O)C1. The summed E-state index contributed by atoms with van der Waals surface area (Å²) in [6.07, 6.45) is 0.653. The van der Waals surface area contributed by atoms with Crippen LogP contribution < -0.4 is 5.26 Å². The van der Waals surface area contributed by atoms with Crippen LogP contribution in [0.5, 0.6) is 0 Å². The van der Waals surface area contributed by atoms with Crippen molar-refractivity contribution in [2.24, 2.45) is 11.8 Å². The van der Waals surface area contributed by atoms with Crippen LogP contribution in [0.3, 0.4) is 0 Å². The minimum Gasteiger partial charge on any atom is -0.691 e. The second-order valence-electron chi connectivity index (χ2n) is 3.63. The normalized spacial score (nSPS) is 29.9. The smallest absolute Gasteiger partial charge is 0.306 e. The number of carbonyl (C=O) groups is 2. The van der Waals surface area contributed by atoms with E-state index in [-0.39, 0.29) is 24.5 Å². The van der Waals surface area contributed by atoms with Gasteiger partial charge in [0.15, 0.2) is 0 Å². The first-order chi connectivity index (χ1) is 7.54. The molecule has 1 rings (SSSR count). The lowest BCUT2D eigenvalue weighted by atomic mass is 9.81. The Morgan fingerprint density at radius 3 is 2.00 bits per heavy atom. The highest BCUT2D eigenvalue weighted by Gasteiger charge is 2.36. The van der Waals surface area contributed by atoms with Crippen molar-refractivity contribution < 1.29 is 34.4 Å². The third kappa shape index (κ3) is 3.63. The molecule has 1 aliphatic rings. The Balaban J connectivity index is 2.59. The van der Waals surface area contributed by atoms with Gasteiger partial charge in [-0.1, -0.05) is 0 Å². The highest BCUT2D eigenvalue weighted by atomic mass is 32.2. The minimum atomic E-state index is -1.03. The molecule has 0 bridgehead atoms. The Kier molecular flexibility index (Phi) is 5.00. The summed E-state index contributed by atoms with van der Waals surface area (Å²) in [6, 6.07) is 0. The molecule has 2 atom stereocenters. The van der Waals surface area contributed by atoms with Crippen LogP contribution in [-0.2, 0) is 19.0 Å². The van der Waals surface area contributed by atoms with Crippen LogP contribution in [0.15, 0.2) is 0 Å². The molecule has 0 saturated heterocycles. The molecule has 1 aliphatic carbocycles. The lowest BCUT2D eigenvalue weighted by molar-refractivity contribution is -0.777. The summed E-state index contributed by atoms with van der Waals surface area (Å²) in [5.41, 5.74) is 0. The molecule has 16 heavy (non-hydrogen) atoms. The van der Waals surface area contributed by atoms with Gasteiger partial charge in [0.25, 0.3) is 0 Å². The van der Waals surface area contributed by atoms with Gasteiger partial charge >= 0.3 is 11.9 Å². The molecule has 7 nitrogen and oxygen atoms in total. The molecule has 0 aliphatic heterocycles. The molecule has 2 N–H and O–H groups in total. The lowest BCUT2D eigenvalue weighted by Crippen LogP contribution is -2.33. The average Bonchev–Trinajstić information content (AvgIpc) is 2.25. The van der Waals surface area contributed by atoms with Crippen molar-refractivity contribution in [2.45, 2.75) is 24.5 Å². The molecule has 1 saturated carbocycles. The summed E-state index contributed by atoms with van der Waals surface area (Å²) in [5, 5.41) is 30.1. The van der Waals surface area contributed by atoms with E-state index in [2.05, 4.69) is 9.37 Å². The van der Waals surface area contributed by atoms with Crippen LogP contribution >= 0.6 is 12.0 Å². The van der Waals surface area contributed by atoms with Gasteiger partial charge in [-0.15, -0.1) is 0 Å². The molecule has 0 aromatic rings. The molecule has 1 fully saturated rings. The van der Waals surface area contributed by atoms with Crippen LogP contribution in [0.25, 0.3) is 0 Å². The number of carboxylic acids is 2. The fourth-order valence-corrected chi connectivity index (χ4v) is 2.59. The number of hydrogen-bond donors (Lipinski definition) is 2. The Labute approximate surface area is 95.4 Å². The van der Waals surface area contributed by atoms with Crippen molar-refractivity contribution in [1.82, 2.24) is 0 Å². The third-order valence-corrected chi connectivity index (χ3v) is 3.36. The molecular weight excluding hydrogens is 240 g/mol. The Bertz CT molecular complexity index is 247. The highest BCUT2D eigenvalue weighted by molar-refractivity contribution is 7.95. The standard InChI is InChI=1S/C8H12O7S/c9-7(10)4-1-5(8(11)12)3-6(2-4)16-15-14-13/h4-6,13H,1-3H2,(H,9,10)(H,11,12)/p-1. The van der Waals surface area contributed by atoms with E-state index in [0.29, 0.717) is 12.0 Å². The lowest BCUT2D eigenvalue weighted by Gasteiger charge is -2.29. The molecule has 2 unspecified atom stereocenters. The van der Waals surface area contributed by atoms with Crippen LogP contribution in [0.4, 0.5) is 0 Å². The Morgan fingerprint density at radius 2 is 1.62 bits per heavy atom. The second kappa shape index (κ2) is 6.04. The van der Waals surface area contributed by atoms with Crippen molar-refractivity contribution in [1.29, 1.82) is 0 Å². The van der Waals surface area contributed by atoms with Gasteiger partial charge in [0.1, 0.15) is 0 Å². The number of rotatable bonds is 5. The summed E-state index contributed by atoms with van der Waals surface area (Å²) in [6.45, 7) is 0. The van der Waals surface area contributed by atoms with Gasteiger partial charge in [0, 0.05) is 17.3 Å². The van der Waals surface area contributed by atoms with E-state index in [9.17, 15) is 14.8 Å². The van der Waals surface area contributed by atoms with Crippen LogP contribution in [0.2, 0.25) is 0 Å². The van der Waals surface area contributed by atoms with Crippen molar-refractivity contribution in [2.75, 3.05) is 0 Å². The summed E-state index contributed by atoms with van der Waals surface area (Å²) in [5.74, 6) is -3.50. The zero-order valence-corrected chi connectivity index (χ0v) is 9.01. The summed E-state index contributed by atoms with van der Waals surface area (Å²) in [7, 11) is 0. The fraction of sp³-hybridized carbons (Fsp3) is 0.750. The first-order valence-electron chi connectivity index (χ1n) is 4.62. The monoisotopic (exact) mass is 251 g/mol. The van der Waals surface area contributed by atoms with E-state index in [1.54, 1.807) is 0 Å². The van der Waals surface area contributed by atoms with E-state index in [1.807, 2.05) is 0 Å². The maximum Gasteiger partial charge on any atom is 0.306 e. The first kappa shape index (κ1) is 13.2. The highest BCUT2D eigenvalue weighted by Crippen LogP contribution is 2.36. The molecule has 92 valence electrons. The Hall–Kier alpha value is -0.830. The van der Waals surface area contributed by atoms with Gasteiger partial charge in [-0.2, -0.15) is 4.33 Å². The van der Waals surface area contributed by atoms with E-state index in [0.717, 1.165) is 0 Å². The molecular formula is C8H11O7S-. The molecule has 0 aromatic carbocycles. The molecule has 0 radical (unpaired) electrons. The van der Waals surface area contributed by atoms with Gasteiger partial charge < -0.3 is 15.5 Å². The topological polar surface area (TPSA) is 116 Å². The Morgan fingerprint density at radius 1 is 1.12 bits per heavy atom. The van der Waals surface area contributed by atoms with Crippen molar-refractivity contribution >= 4 is 24.0 Å². The maximum absolute atomic E-state index is 10.8. The third-order valence-electron chi connectivity index (χ3n) is 2.57. The molecule has 0 amide bonds. The molecule has 8 heteroatoms. The zero-order valence-electron chi connectivity index (χ0n) is 8.20. The van der Waals surface area contributed by atoms with Gasteiger partial charge in [-0.05, 0) is 19.3 Å². The largest absolute Gasteiger partial charge is 0.691 e. The van der Waals surface area contributed by atoms with Crippen LogP contribution in [0, 0.1) is 11.8 Å². The van der Waals surface area contributed by atoms with E-state index in [1.165, 1.54) is 0 Å². The number of aliphatic carboxylic acids is 2. The predicted octanol–water partition coefficient (Wildman–Crippen LogP) is -0.188. The van der Waals surface area contributed by atoms with Crippen molar-refractivity contribution in [3.05, 3.63) is 0 Å². The summed E-state index contributed by atoms with van der Waals surface area (Å²) in [4.78, 5) is 21.6. The quantitative estimate of drug-likeness (QED) is 0.392. The van der Waals surface area contributed by atoms with Gasteiger partial charge in [-0.3, -0.25) is 14.6 Å². The first-order valence-corrected chi connectivity index (χ1v) is 5.42. The van der Waals surface area contributed by atoms with E-state index >= 15 is 0 Å². The predicted molar refractivity (Wildman–Crippen MR) is 49.7 cm³/mol. The molecule has 0 spiro atoms. The van der Waals surface area contributed by atoms with Crippen molar-refractivity contribution in [3.63, 3.8) is 0 Å². The maximum atomic E-state index is 10.8. The second-order valence-corrected chi connectivity index (χ2v) is 4.63. The fourth-order valence-electron chi connectivity index (χ4n) is 1.82. The minimum absolute atomic E-state index is 0.111. The van der Waals surface area contributed by atoms with Crippen molar-refractivity contribution in [3.8, 4) is 0 Å². The van der Waals surface area contributed by atoms with Gasteiger partial charge in [0.05, 0.1) is 11.8 Å². The van der Waals surface area contributed by atoms with E-state index < -0.39 is 23.8 Å².